The van der Waals surface area contributed by atoms with Crippen LogP contribution in [0.2, 0.25) is 5.02 Å². The van der Waals surface area contributed by atoms with Crippen LogP contribution in [0.5, 0.6) is 0 Å². The molecule has 1 saturated heterocycles. The highest BCUT2D eigenvalue weighted by Gasteiger charge is 2.25. The zero-order valence-electron chi connectivity index (χ0n) is 11.4. The summed E-state index contributed by atoms with van der Waals surface area (Å²) in [5, 5.41) is 3.19. The van der Waals surface area contributed by atoms with Crippen molar-refractivity contribution in [2.45, 2.75) is 12.8 Å². The van der Waals surface area contributed by atoms with Crippen molar-refractivity contribution in [2.24, 2.45) is 11.7 Å². The Labute approximate surface area is 136 Å². The van der Waals surface area contributed by atoms with Crippen LogP contribution in [0.15, 0.2) is 22.7 Å². The zero-order chi connectivity index (χ0) is 15.4. The first kappa shape index (κ1) is 16.1. The highest BCUT2D eigenvalue weighted by molar-refractivity contribution is 9.10. The second-order valence-electron chi connectivity index (χ2n) is 5.13. The van der Waals surface area contributed by atoms with E-state index in [-0.39, 0.29) is 11.8 Å². The number of nitrogens with two attached hydrogens (primary N) is 1. The van der Waals surface area contributed by atoms with Crippen LogP contribution in [0.3, 0.4) is 0 Å². The van der Waals surface area contributed by atoms with Crippen LogP contribution in [0.25, 0.3) is 0 Å². The van der Waals surface area contributed by atoms with Gasteiger partial charge in [0.15, 0.2) is 0 Å². The van der Waals surface area contributed by atoms with Gasteiger partial charge in [-0.05, 0) is 52.9 Å². The smallest absolute Gasteiger partial charge is 0.312 e. The minimum absolute atomic E-state index is 0.0256. The number of nitrogens with zero attached hydrogens (tertiary/aromatic N) is 1. The molecule has 0 bridgehead atoms. The lowest BCUT2D eigenvalue weighted by Crippen LogP contribution is -2.44. The maximum absolute atomic E-state index is 12.6. The SMILES string of the molecule is NC(=O)NCC1CCCN(C(=O)c2ccc(Cl)cc2Br)C1. The number of hydrogen-bond acceptors (Lipinski definition) is 2. The molecule has 0 spiro atoms. The standard InChI is InChI=1S/C14H17BrClN3O2/c15-12-6-10(16)3-4-11(12)13(20)19-5-1-2-9(8-19)7-18-14(17)21/h3-4,6,9H,1-2,5,7-8H2,(H3,17,18,21). The number of benzene rings is 1. The van der Waals surface area contributed by atoms with Crippen LogP contribution in [0.1, 0.15) is 23.2 Å². The Bertz CT molecular complexity index is 553. The molecule has 3 N–H and O–H groups in total. The van der Waals surface area contributed by atoms with Crippen molar-refractivity contribution < 1.29 is 9.59 Å². The molecule has 114 valence electrons. The molecule has 0 radical (unpaired) electrons. The molecule has 1 unspecified atom stereocenters. The summed E-state index contributed by atoms with van der Waals surface area (Å²) in [5.41, 5.74) is 5.68. The summed E-state index contributed by atoms with van der Waals surface area (Å²) in [6, 6.07) is 4.61. The Balaban J connectivity index is 2.03. The van der Waals surface area contributed by atoms with E-state index < -0.39 is 6.03 Å². The lowest BCUT2D eigenvalue weighted by atomic mass is 9.97. The number of halogens is 2. The molecule has 1 aromatic rings. The Morgan fingerprint density at radius 2 is 2.24 bits per heavy atom. The number of likely N-dealkylation sites (tertiary alicyclic amines) is 1. The van der Waals surface area contributed by atoms with Crippen molar-refractivity contribution in [3.05, 3.63) is 33.3 Å². The number of primary amides is 1. The monoisotopic (exact) mass is 373 g/mol. The molecule has 5 nitrogen and oxygen atoms in total. The average Bonchev–Trinajstić information content (AvgIpc) is 2.45. The lowest BCUT2D eigenvalue weighted by Gasteiger charge is -2.33. The molecule has 0 aliphatic carbocycles. The van der Waals surface area contributed by atoms with Crippen molar-refractivity contribution in [1.82, 2.24) is 10.2 Å². The Kier molecular flexibility index (Phi) is 5.47. The molecular weight excluding hydrogens is 358 g/mol. The third kappa shape index (κ3) is 4.35. The predicted molar refractivity (Wildman–Crippen MR) is 85.4 cm³/mol. The van der Waals surface area contributed by atoms with Crippen LogP contribution >= 0.6 is 27.5 Å². The number of carbonyl (C=O) groups is 2. The topological polar surface area (TPSA) is 75.4 Å². The summed E-state index contributed by atoms with van der Waals surface area (Å²) < 4.78 is 0.692. The molecule has 1 aliphatic heterocycles. The normalized spacial score (nSPS) is 18.4. The van der Waals surface area contributed by atoms with Crippen LogP contribution in [0, 0.1) is 5.92 Å². The zero-order valence-corrected chi connectivity index (χ0v) is 13.8. The second kappa shape index (κ2) is 7.13. The van der Waals surface area contributed by atoms with Crippen molar-refractivity contribution in [3.8, 4) is 0 Å². The molecular formula is C14H17BrClN3O2. The van der Waals surface area contributed by atoms with Crippen LogP contribution in [0.4, 0.5) is 4.79 Å². The summed E-state index contributed by atoms with van der Waals surface area (Å²) in [7, 11) is 0. The van der Waals surface area contributed by atoms with Gasteiger partial charge in [-0.3, -0.25) is 4.79 Å². The van der Waals surface area contributed by atoms with Gasteiger partial charge in [-0.2, -0.15) is 0 Å². The summed E-state index contributed by atoms with van der Waals surface area (Å²) in [4.78, 5) is 25.1. The van der Waals surface area contributed by atoms with Crippen molar-refractivity contribution in [2.75, 3.05) is 19.6 Å². The maximum atomic E-state index is 12.6. The maximum Gasteiger partial charge on any atom is 0.312 e. The molecule has 1 fully saturated rings. The summed E-state index contributed by atoms with van der Waals surface area (Å²) in [6.07, 6.45) is 1.90. The van der Waals surface area contributed by atoms with Gasteiger partial charge in [0.25, 0.3) is 5.91 Å². The lowest BCUT2D eigenvalue weighted by molar-refractivity contribution is 0.0674. The second-order valence-corrected chi connectivity index (χ2v) is 6.42. The quantitative estimate of drug-likeness (QED) is 0.853. The third-order valence-electron chi connectivity index (χ3n) is 3.53. The van der Waals surface area contributed by atoms with Gasteiger partial charge in [0.05, 0.1) is 5.56 Å². The number of piperidine rings is 1. The largest absolute Gasteiger partial charge is 0.352 e. The third-order valence-corrected chi connectivity index (χ3v) is 4.42. The number of rotatable bonds is 3. The molecule has 0 saturated carbocycles. The van der Waals surface area contributed by atoms with Gasteiger partial charge in [0, 0.05) is 29.1 Å². The fraction of sp³-hybridized carbons (Fsp3) is 0.429. The van der Waals surface area contributed by atoms with E-state index in [4.69, 9.17) is 17.3 Å². The van der Waals surface area contributed by atoms with E-state index in [9.17, 15) is 9.59 Å². The first-order valence-corrected chi connectivity index (χ1v) is 7.92. The van der Waals surface area contributed by atoms with Crippen molar-refractivity contribution in [1.29, 1.82) is 0 Å². The minimum atomic E-state index is -0.529. The highest BCUT2D eigenvalue weighted by Crippen LogP contribution is 2.25. The number of amides is 3. The van der Waals surface area contributed by atoms with Gasteiger partial charge in [-0.25, -0.2) is 4.79 Å². The molecule has 1 aliphatic rings. The van der Waals surface area contributed by atoms with E-state index in [1.807, 2.05) is 4.90 Å². The van der Waals surface area contributed by atoms with Crippen LogP contribution in [-0.2, 0) is 0 Å². The van der Waals surface area contributed by atoms with Gasteiger partial charge in [0.2, 0.25) is 0 Å². The van der Waals surface area contributed by atoms with Gasteiger partial charge in [-0.1, -0.05) is 11.6 Å². The molecule has 21 heavy (non-hydrogen) atoms. The fourth-order valence-electron chi connectivity index (χ4n) is 2.49. The molecule has 3 amide bonds. The Hall–Kier alpha value is -1.27. The summed E-state index contributed by atoms with van der Waals surface area (Å²) in [5.74, 6) is 0.212. The van der Waals surface area contributed by atoms with Crippen molar-refractivity contribution >= 4 is 39.5 Å². The summed E-state index contributed by atoms with van der Waals surface area (Å²) in [6.45, 7) is 1.84. The number of nitrogens with one attached hydrogen (secondary N) is 1. The Morgan fingerprint density at radius 1 is 1.48 bits per heavy atom. The minimum Gasteiger partial charge on any atom is -0.352 e. The van der Waals surface area contributed by atoms with Crippen LogP contribution in [-0.4, -0.2) is 36.5 Å². The first-order chi connectivity index (χ1) is 9.97. The number of carbonyl (C=O) groups excluding carboxylic acids is 2. The van der Waals surface area contributed by atoms with E-state index in [1.54, 1.807) is 18.2 Å². The first-order valence-electron chi connectivity index (χ1n) is 6.75. The van der Waals surface area contributed by atoms with Crippen molar-refractivity contribution in [3.63, 3.8) is 0 Å². The molecule has 1 atom stereocenters. The van der Waals surface area contributed by atoms with E-state index in [2.05, 4.69) is 21.2 Å². The van der Waals surface area contributed by atoms with Gasteiger partial charge in [0.1, 0.15) is 0 Å². The van der Waals surface area contributed by atoms with Crippen LogP contribution < -0.4 is 11.1 Å². The van der Waals surface area contributed by atoms with E-state index >= 15 is 0 Å². The van der Waals surface area contributed by atoms with Gasteiger partial charge in [-0.15, -0.1) is 0 Å². The fourth-order valence-corrected chi connectivity index (χ4v) is 3.35. The van der Waals surface area contributed by atoms with E-state index in [0.717, 1.165) is 19.4 Å². The van der Waals surface area contributed by atoms with E-state index in [0.29, 0.717) is 28.1 Å². The highest BCUT2D eigenvalue weighted by atomic mass is 79.9. The van der Waals surface area contributed by atoms with Gasteiger partial charge < -0.3 is 16.0 Å². The van der Waals surface area contributed by atoms with E-state index in [1.165, 1.54) is 0 Å². The predicted octanol–water partition coefficient (Wildman–Crippen LogP) is 2.62. The summed E-state index contributed by atoms with van der Waals surface area (Å²) >= 11 is 9.27. The molecule has 1 aromatic carbocycles. The Morgan fingerprint density at radius 3 is 2.90 bits per heavy atom. The molecule has 7 heteroatoms. The number of urea groups is 1. The average molecular weight is 375 g/mol. The molecule has 2 rings (SSSR count). The van der Waals surface area contributed by atoms with Gasteiger partial charge >= 0.3 is 6.03 Å². The number of hydrogen-bond donors (Lipinski definition) is 2. The molecule has 0 aromatic heterocycles. The molecule has 1 heterocycles.